The number of hydrogen-bond acceptors (Lipinski definition) is 3. The second-order valence-corrected chi connectivity index (χ2v) is 4.03. The molecule has 0 saturated carbocycles. The van der Waals surface area contributed by atoms with Gasteiger partial charge in [-0.05, 0) is 18.2 Å². The lowest BCUT2D eigenvalue weighted by atomic mass is 10.2. The minimum Gasteiger partial charge on any atom is -0.480 e. The zero-order chi connectivity index (χ0) is 13.5. The first-order valence-corrected chi connectivity index (χ1v) is 5.69. The summed E-state index contributed by atoms with van der Waals surface area (Å²) in [4.78, 5) is 23.9. The van der Waals surface area contributed by atoms with Crippen molar-refractivity contribution in [3.63, 3.8) is 0 Å². The molecule has 0 atom stereocenters. The number of carboxylic acid groups (broad SMARTS) is 1. The van der Waals surface area contributed by atoms with Crippen LogP contribution in [0.4, 0.5) is 5.69 Å². The van der Waals surface area contributed by atoms with Gasteiger partial charge in [-0.15, -0.1) is 0 Å². The number of hydrogen-bond donors (Lipinski definition) is 1. The predicted molar refractivity (Wildman–Crippen MR) is 67.9 cm³/mol. The van der Waals surface area contributed by atoms with Crippen LogP contribution in [0.1, 0.15) is 6.42 Å². The maximum Gasteiger partial charge on any atom is 0.323 e. The first-order chi connectivity index (χ1) is 8.54. The summed E-state index contributed by atoms with van der Waals surface area (Å²) < 4.78 is 4.81. The second-order valence-electron chi connectivity index (χ2n) is 3.60. The quantitative estimate of drug-likeness (QED) is 0.857. The van der Waals surface area contributed by atoms with E-state index in [4.69, 9.17) is 21.4 Å². The Bertz CT molecular complexity index is 436. The number of ether oxygens (including phenoxy) is 1. The average Bonchev–Trinajstić information content (AvgIpc) is 2.32. The molecular formula is C12H14ClNO4. The molecule has 5 nitrogen and oxygen atoms in total. The SMILES string of the molecule is COCCC(=O)N(CC(=O)O)c1cccc(Cl)c1. The molecule has 0 radical (unpaired) electrons. The number of amides is 1. The van der Waals surface area contributed by atoms with Crippen molar-refractivity contribution in [2.24, 2.45) is 0 Å². The monoisotopic (exact) mass is 271 g/mol. The van der Waals surface area contributed by atoms with Crippen LogP contribution in [0, 0.1) is 0 Å². The number of rotatable bonds is 6. The maximum atomic E-state index is 11.9. The molecule has 1 amide bonds. The van der Waals surface area contributed by atoms with Crippen molar-refractivity contribution >= 4 is 29.2 Å². The summed E-state index contributed by atoms with van der Waals surface area (Å²) in [5.74, 6) is -1.40. The average molecular weight is 272 g/mol. The number of anilines is 1. The highest BCUT2D eigenvalue weighted by atomic mass is 35.5. The van der Waals surface area contributed by atoms with Gasteiger partial charge in [0.25, 0.3) is 0 Å². The van der Waals surface area contributed by atoms with E-state index in [-0.39, 0.29) is 18.9 Å². The Morgan fingerprint density at radius 1 is 1.44 bits per heavy atom. The van der Waals surface area contributed by atoms with Crippen molar-refractivity contribution in [3.8, 4) is 0 Å². The van der Waals surface area contributed by atoms with E-state index in [1.54, 1.807) is 24.3 Å². The molecule has 18 heavy (non-hydrogen) atoms. The van der Waals surface area contributed by atoms with Crippen molar-refractivity contribution in [1.29, 1.82) is 0 Å². The third-order valence-corrected chi connectivity index (χ3v) is 2.47. The van der Waals surface area contributed by atoms with Crippen LogP contribution in [0.5, 0.6) is 0 Å². The van der Waals surface area contributed by atoms with Crippen LogP contribution >= 0.6 is 11.6 Å². The van der Waals surface area contributed by atoms with E-state index in [9.17, 15) is 9.59 Å². The number of nitrogens with zero attached hydrogens (tertiary/aromatic N) is 1. The third-order valence-electron chi connectivity index (χ3n) is 2.23. The van der Waals surface area contributed by atoms with Crippen molar-refractivity contribution < 1.29 is 19.4 Å². The van der Waals surface area contributed by atoms with Gasteiger partial charge in [-0.1, -0.05) is 17.7 Å². The lowest BCUT2D eigenvalue weighted by molar-refractivity contribution is -0.136. The number of carboxylic acids is 1. The summed E-state index contributed by atoms with van der Waals surface area (Å²) in [6.07, 6.45) is 0.121. The largest absolute Gasteiger partial charge is 0.480 e. The van der Waals surface area contributed by atoms with Crippen molar-refractivity contribution in [2.45, 2.75) is 6.42 Å². The van der Waals surface area contributed by atoms with E-state index < -0.39 is 12.5 Å². The van der Waals surface area contributed by atoms with Crippen LogP contribution in [0.3, 0.4) is 0 Å². The molecule has 0 aliphatic heterocycles. The number of halogens is 1. The van der Waals surface area contributed by atoms with Crippen LogP contribution in [0.2, 0.25) is 5.02 Å². The maximum absolute atomic E-state index is 11.9. The number of aliphatic carboxylic acids is 1. The molecule has 0 unspecified atom stereocenters. The summed E-state index contributed by atoms with van der Waals surface area (Å²) in [6, 6.07) is 6.51. The highest BCUT2D eigenvalue weighted by molar-refractivity contribution is 6.30. The first kappa shape index (κ1) is 14.5. The minimum atomic E-state index is -1.08. The second kappa shape index (κ2) is 6.98. The smallest absolute Gasteiger partial charge is 0.323 e. The molecule has 0 saturated heterocycles. The Morgan fingerprint density at radius 2 is 2.17 bits per heavy atom. The van der Waals surface area contributed by atoms with E-state index in [1.807, 2.05) is 0 Å². The summed E-state index contributed by atoms with van der Waals surface area (Å²) in [5, 5.41) is 9.28. The molecular weight excluding hydrogens is 258 g/mol. The standard InChI is InChI=1S/C12H14ClNO4/c1-18-6-5-11(15)14(8-12(16)17)10-4-2-3-9(13)7-10/h2-4,7H,5-6,8H2,1H3,(H,16,17). The lowest BCUT2D eigenvalue weighted by Crippen LogP contribution is -2.36. The van der Waals surface area contributed by atoms with Crippen molar-refractivity contribution in [2.75, 3.05) is 25.2 Å². The molecule has 0 bridgehead atoms. The van der Waals surface area contributed by atoms with Gasteiger partial charge in [0.1, 0.15) is 6.54 Å². The Hall–Kier alpha value is -1.59. The van der Waals surface area contributed by atoms with Gasteiger partial charge in [-0.3, -0.25) is 9.59 Å². The number of carbonyl (C=O) groups excluding carboxylic acids is 1. The van der Waals surface area contributed by atoms with Crippen molar-refractivity contribution in [3.05, 3.63) is 29.3 Å². The molecule has 0 aliphatic rings. The molecule has 0 aromatic heterocycles. The Morgan fingerprint density at radius 3 is 2.72 bits per heavy atom. The Kier molecular flexibility index (Phi) is 5.61. The normalized spacial score (nSPS) is 10.1. The zero-order valence-electron chi connectivity index (χ0n) is 9.93. The summed E-state index contributed by atoms with van der Waals surface area (Å²) in [6.45, 7) is -0.154. The van der Waals surface area contributed by atoms with E-state index in [2.05, 4.69) is 0 Å². The Labute approximate surface area is 110 Å². The van der Waals surface area contributed by atoms with Gasteiger partial charge in [-0.25, -0.2) is 0 Å². The van der Waals surface area contributed by atoms with Crippen molar-refractivity contribution in [1.82, 2.24) is 0 Å². The zero-order valence-corrected chi connectivity index (χ0v) is 10.7. The van der Waals surface area contributed by atoms with Gasteiger partial charge in [0.15, 0.2) is 0 Å². The molecule has 98 valence electrons. The van der Waals surface area contributed by atoms with Gasteiger partial charge in [0.05, 0.1) is 13.0 Å². The minimum absolute atomic E-state index is 0.121. The van der Waals surface area contributed by atoms with Gasteiger partial charge >= 0.3 is 5.97 Å². The molecule has 1 rings (SSSR count). The van der Waals surface area contributed by atoms with E-state index in [1.165, 1.54) is 12.0 Å². The number of carbonyl (C=O) groups is 2. The molecule has 0 aliphatic carbocycles. The summed E-state index contributed by atoms with van der Waals surface area (Å²) in [5.41, 5.74) is 0.464. The van der Waals surface area contributed by atoms with Crippen LogP contribution in [-0.2, 0) is 14.3 Å². The Balaban J connectivity index is 2.90. The molecule has 0 spiro atoms. The van der Waals surface area contributed by atoms with Crippen LogP contribution in [0.25, 0.3) is 0 Å². The van der Waals surface area contributed by atoms with E-state index in [0.29, 0.717) is 10.7 Å². The van der Waals surface area contributed by atoms with Gasteiger partial charge in [0, 0.05) is 17.8 Å². The van der Waals surface area contributed by atoms with E-state index in [0.717, 1.165) is 0 Å². The highest BCUT2D eigenvalue weighted by Gasteiger charge is 2.18. The van der Waals surface area contributed by atoms with Gasteiger partial charge < -0.3 is 14.7 Å². The topological polar surface area (TPSA) is 66.8 Å². The lowest BCUT2D eigenvalue weighted by Gasteiger charge is -2.21. The molecule has 6 heteroatoms. The molecule has 0 fully saturated rings. The van der Waals surface area contributed by atoms with Crippen LogP contribution in [0.15, 0.2) is 24.3 Å². The fourth-order valence-electron chi connectivity index (χ4n) is 1.43. The molecule has 1 aromatic carbocycles. The van der Waals surface area contributed by atoms with E-state index >= 15 is 0 Å². The highest BCUT2D eigenvalue weighted by Crippen LogP contribution is 2.20. The van der Waals surface area contributed by atoms with Gasteiger partial charge in [-0.2, -0.15) is 0 Å². The summed E-state index contributed by atoms with van der Waals surface area (Å²) >= 11 is 5.82. The van der Waals surface area contributed by atoms with Crippen LogP contribution < -0.4 is 4.90 Å². The fourth-order valence-corrected chi connectivity index (χ4v) is 1.61. The van der Waals surface area contributed by atoms with Crippen LogP contribution in [-0.4, -0.2) is 37.2 Å². The summed E-state index contributed by atoms with van der Waals surface area (Å²) in [7, 11) is 1.48. The predicted octanol–water partition coefficient (Wildman–Crippen LogP) is 1.79. The first-order valence-electron chi connectivity index (χ1n) is 5.31. The number of methoxy groups -OCH3 is 1. The number of benzene rings is 1. The molecule has 0 heterocycles. The molecule has 1 aromatic rings. The fraction of sp³-hybridized carbons (Fsp3) is 0.333. The molecule has 1 N–H and O–H groups in total. The van der Waals surface area contributed by atoms with Gasteiger partial charge in [0.2, 0.25) is 5.91 Å². The third kappa shape index (κ3) is 4.35.